The van der Waals surface area contributed by atoms with Crippen LogP contribution in [0.15, 0.2) is 36.4 Å². The van der Waals surface area contributed by atoms with E-state index >= 15 is 0 Å². The molecule has 24 heavy (non-hydrogen) atoms. The van der Waals surface area contributed by atoms with Crippen molar-refractivity contribution in [1.82, 2.24) is 5.32 Å². The Balaban J connectivity index is 2.07. The van der Waals surface area contributed by atoms with Gasteiger partial charge in [0.25, 0.3) is 0 Å². The van der Waals surface area contributed by atoms with Crippen molar-refractivity contribution in [2.45, 2.75) is 31.7 Å². The first-order valence-corrected chi connectivity index (χ1v) is 8.58. The van der Waals surface area contributed by atoms with Crippen molar-refractivity contribution in [2.75, 3.05) is 14.2 Å². The number of ether oxygens (including phenoxy) is 1. The van der Waals surface area contributed by atoms with Gasteiger partial charge in [0.2, 0.25) is 0 Å². The lowest BCUT2D eigenvalue weighted by Crippen LogP contribution is -2.25. The summed E-state index contributed by atoms with van der Waals surface area (Å²) in [6.45, 7) is 2.03. The van der Waals surface area contributed by atoms with Gasteiger partial charge in [-0.3, -0.25) is 0 Å². The Kier molecular flexibility index (Phi) is 4.93. The van der Waals surface area contributed by atoms with Crippen molar-refractivity contribution < 1.29 is 9.53 Å². The Morgan fingerprint density at radius 1 is 1.17 bits per heavy atom. The third-order valence-corrected chi connectivity index (χ3v) is 5.36. The molecule has 0 aliphatic heterocycles. The van der Waals surface area contributed by atoms with Gasteiger partial charge in [0.1, 0.15) is 0 Å². The van der Waals surface area contributed by atoms with Gasteiger partial charge in [-0.1, -0.05) is 29.8 Å². The summed E-state index contributed by atoms with van der Waals surface area (Å²) in [6, 6.07) is 12.4. The molecular weight excluding hydrogens is 322 g/mol. The summed E-state index contributed by atoms with van der Waals surface area (Å²) < 4.78 is 4.86. The minimum absolute atomic E-state index is 0.259. The van der Waals surface area contributed by atoms with Crippen molar-refractivity contribution >= 4 is 17.6 Å². The predicted molar refractivity (Wildman–Crippen MR) is 96.8 cm³/mol. The average Bonchev–Trinajstić information content (AvgIpc) is 2.62. The molecule has 0 saturated heterocycles. The summed E-state index contributed by atoms with van der Waals surface area (Å²) >= 11 is 6.18. The number of fused-ring (bicyclic) bond motifs is 1. The second-order valence-electron chi connectivity index (χ2n) is 6.32. The predicted octanol–water partition coefficient (Wildman–Crippen LogP) is 4.62. The van der Waals surface area contributed by atoms with E-state index in [-0.39, 0.29) is 12.0 Å². The van der Waals surface area contributed by atoms with Crippen LogP contribution in [0.25, 0.3) is 0 Å². The molecule has 0 unspecified atom stereocenters. The van der Waals surface area contributed by atoms with Crippen molar-refractivity contribution in [3.8, 4) is 0 Å². The third kappa shape index (κ3) is 3.06. The molecule has 3 nitrogen and oxygen atoms in total. The van der Waals surface area contributed by atoms with Crippen LogP contribution in [0.4, 0.5) is 0 Å². The lowest BCUT2D eigenvalue weighted by Gasteiger charge is -2.32. The summed E-state index contributed by atoms with van der Waals surface area (Å²) in [5, 5.41) is 4.16. The minimum Gasteiger partial charge on any atom is -0.465 e. The maximum atomic E-state index is 11.9. The standard InChI is InChI=1S/C20H22ClNO2/c1-12-10-13(5-8-18(12)21)15-7-9-19(22-2)17-11-14(20(23)24-3)4-6-16(15)17/h4-6,8,10-11,15,19,22H,7,9H2,1-3H3/t15-,19-/m0/s1. The topological polar surface area (TPSA) is 38.3 Å². The van der Waals surface area contributed by atoms with E-state index in [1.807, 2.05) is 32.2 Å². The van der Waals surface area contributed by atoms with Gasteiger partial charge < -0.3 is 10.1 Å². The average molecular weight is 344 g/mol. The largest absolute Gasteiger partial charge is 0.465 e. The van der Waals surface area contributed by atoms with Crippen molar-refractivity contribution in [3.05, 3.63) is 69.2 Å². The van der Waals surface area contributed by atoms with Crippen LogP contribution in [-0.4, -0.2) is 20.1 Å². The van der Waals surface area contributed by atoms with Gasteiger partial charge in [-0.25, -0.2) is 4.79 Å². The molecular formula is C20H22ClNO2. The van der Waals surface area contributed by atoms with Crippen molar-refractivity contribution in [3.63, 3.8) is 0 Å². The third-order valence-electron chi connectivity index (χ3n) is 4.94. The number of methoxy groups -OCH3 is 1. The monoisotopic (exact) mass is 343 g/mol. The van der Waals surface area contributed by atoms with Gasteiger partial charge >= 0.3 is 5.97 Å². The maximum absolute atomic E-state index is 11.9. The molecule has 0 fully saturated rings. The molecule has 0 radical (unpaired) electrons. The van der Waals surface area contributed by atoms with Crippen molar-refractivity contribution in [2.24, 2.45) is 0 Å². The number of hydrogen-bond acceptors (Lipinski definition) is 3. The molecule has 0 bridgehead atoms. The zero-order valence-electron chi connectivity index (χ0n) is 14.2. The second-order valence-corrected chi connectivity index (χ2v) is 6.72. The molecule has 0 amide bonds. The Bertz CT molecular complexity index is 772. The molecule has 1 N–H and O–H groups in total. The first-order valence-electron chi connectivity index (χ1n) is 8.20. The van der Waals surface area contributed by atoms with Crippen LogP contribution >= 0.6 is 11.6 Å². The van der Waals surface area contributed by atoms with E-state index in [2.05, 4.69) is 23.5 Å². The summed E-state index contributed by atoms with van der Waals surface area (Å²) in [5.41, 5.74) is 5.43. The smallest absolute Gasteiger partial charge is 0.337 e. The summed E-state index contributed by atoms with van der Waals surface area (Å²) in [7, 11) is 3.38. The number of halogens is 1. The van der Waals surface area contributed by atoms with E-state index in [1.54, 1.807) is 0 Å². The molecule has 1 aliphatic carbocycles. The molecule has 0 spiro atoms. The number of esters is 1. The quantitative estimate of drug-likeness (QED) is 0.826. The molecule has 3 rings (SSSR count). The van der Waals surface area contributed by atoms with E-state index in [0.717, 1.165) is 23.4 Å². The number of hydrogen-bond donors (Lipinski definition) is 1. The molecule has 2 aromatic carbocycles. The highest BCUT2D eigenvalue weighted by atomic mass is 35.5. The lowest BCUT2D eigenvalue weighted by molar-refractivity contribution is 0.0600. The minimum atomic E-state index is -0.294. The SMILES string of the molecule is CN[C@H]1CC[C@@H](c2ccc(Cl)c(C)c2)c2ccc(C(=O)OC)cc21. The number of rotatable bonds is 3. The van der Waals surface area contributed by atoms with Gasteiger partial charge in [0.15, 0.2) is 0 Å². The van der Waals surface area contributed by atoms with Crippen LogP contribution < -0.4 is 5.32 Å². The summed E-state index contributed by atoms with van der Waals surface area (Å²) in [6.07, 6.45) is 2.09. The van der Waals surface area contributed by atoms with E-state index in [9.17, 15) is 4.79 Å². The molecule has 0 aromatic heterocycles. The van der Waals surface area contributed by atoms with Crippen LogP contribution in [-0.2, 0) is 4.74 Å². The van der Waals surface area contributed by atoms with E-state index < -0.39 is 0 Å². The Labute approximate surface area is 148 Å². The van der Waals surface area contributed by atoms with Crippen LogP contribution in [0.3, 0.4) is 0 Å². The summed E-state index contributed by atoms with van der Waals surface area (Å²) in [5.74, 6) is 0.0318. The van der Waals surface area contributed by atoms with Crippen LogP contribution in [0.5, 0.6) is 0 Å². The molecule has 0 heterocycles. The Morgan fingerprint density at radius 3 is 2.62 bits per heavy atom. The van der Waals surface area contributed by atoms with Gasteiger partial charge in [0.05, 0.1) is 12.7 Å². The molecule has 2 atom stereocenters. The number of aryl methyl sites for hydroxylation is 1. The van der Waals surface area contributed by atoms with Gasteiger partial charge in [-0.2, -0.15) is 0 Å². The first-order chi connectivity index (χ1) is 11.5. The Hall–Kier alpha value is -1.84. The normalized spacial score (nSPS) is 19.7. The van der Waals surface area contributed by atoms with Gasteiger partial charge in [-0.05, 0) is 67.3 Å². The molecule has 126 valence electrons. The molecule has 1 aliphatic rings. The zero-order chi connectivity index (χ0) is 17.3. The second kappa shape index (κ2) is 6.96. The van der Waals surface area contributed by atoms with Crippen molar-refractivity contribution in [1.29, 1.82) is 0 Å². The van der Waals surface area contributed by atoms with Gasteiger partial charge in [0, 0.05) is 17.0 Å². The number of nitrogens with one attached hydrogen (secondary N) is 1. The highest BCUT2D eigenvalue weighted by Gasteiger charge is 2.28. The van der Waals surface area contributed by atoms with E-state index in [0.29, 0.717) is 11.5 Å². The fourth-order valence-corrected chi connectivity index (χ4v) is 3.73. The number of carbonyl (C=O) groups excluding carboxylic acids is 1. The van der Waals surface area contributed by atoms with E-state index in [1.165, 1.54) is 23.8 Å². The highest BCUT2D eigenvalue weighted by molar-refractivity contribution is 6.31. The van der Waals surface area contributed by atoms with Crippen LogP contribution in [0.1, 0.15) is 57.4 Å². The zero-order valence-corrected chi connectivity index (χ0v) is 15.0. The molecule has 2 aromatic rings. The maximum Gasteiger partial charge on any atom is 0.337 e. The fourth-order valence-electron chi connectivity index (χ4n) is 3.61. The first kappa shape index (κ1) is 17.0. The van der Waals surface area contributed by atoms with E-state index in [4.69, 9.17) is 16.3 Å². The molecule has 4 heteroatoms. The van der Waals surface area contributed by atoms with Gasteiger partial charge in [-0.15, -0.1) is 0 Å². The number of carbonyl (C=O) groups is 1. The van der Waals surface area contributed by atoms with Crippen LogP contribution in [0, 0.1) is 6.92 Å². The molecule has 0 saturated carbocycles. The number of benzene rings is 2. The van der Waals surface area contributed by atoms with Crippen LogP contribution in [0.2, 0.25) is 5.02 Å². The highest BCUT2D eigenvalue weighted by Crippen LogP contribution is 2.42. The Morgan fingerprint density at radius 2 is 1.96 bits per heavy atom. The summed E-state index contributed by atoms with van der Waals surface area (Å²) in [4.78, 5) is 11.9. The fraction of sp³-hybridized carbons (Fsp3) is 0.350. The lowest BCUT2D eigenvalue weighted by atomic mass is 9.76.